The average molecular weight is 334 g/mol. The van der Waals surface area contributed by atoms with Gasteiger partial charge in [-0.15, -0.1) is 0 Å². The van der Waals surface area contributed by atoms with E-state index in [9.17, 15) is 0 Å². The van der Waals surface area contributed by atoms with Gasteiger partial charge >= 0.3 is 0 Å². The van der Waals surface area contributed by atoms with Crippen LogP contribution in [0, 0.1) is 0 Å². The first-order chi connectivity index (χ1) is 9.70. The van der Waals surface area contributed by atoms with E-state index >= 15 is 0 Å². The molecule has 0 amide bonds. The van der Waals surface area contributed by atoms with Gasteiger partial charge in [0, 0.05) is 4.47 Å². The number of nitrogens with two attached hydrogens (primary N) is 1. The molecule has 1 atom stereocenters. The van der Waals surface area contributed by atoms with E-state index in [1.807, 2.05) is 18.2 Å². The summed E-state index contributed by atoms with van der Waals surface area (Å²) < 4.78 is 6.85. The number of rotatable bonds is 6. The maximum atomic E-state index is 5.76. The van der Waals surface area contributed by atoms with E-state index in [1.165, 1.54) is 16.7 Å². The number of benzene rings is 2. The van der Waals surface area contributed by atoms with Crippen LogP contribution in [0.25, 0.3) is 0 Å². The molecule has 0 aromatic heterocycles. The second-order valence-corrected chi connectivity index (χ2v) is 5.82. The van der Waals surface area contributed by atoms with E-state index in [0.29, 0.717) is 25.7 Å². The number of ether oxygens (including phenoxy) is 1. The smallest absolute Gasteiger partial charge is 0.0732 e. The van der Waals surface area contributed by atoms with Crippen molar-refractivity contribution in [2.45, 2.75) is 26.1 Å². The van der Waals surface area contributed by atoms with Gasteiger partial charge in [0.2, 0.25) is 0 Å². The Balaban J connectivity index is 1.87. The highest BCUT2D eigenvalue weighted by Crippen LogP contribution is 2.18. The molecule has 0 spiro atoms. The molecule has 0 saturated carbocycles. The van der Waals surface area contributed by atoms with Crippen molar-refractivity contribution in [3.8, 4) is 0 Å². The summed E-state index contributed by atoms with van der Waals surface area (Å²) in [5.74, 6) is 0.408. The molecule has 2 aromatic carbocycles. The van der Waals surface area contributed by atoms with Crippen LogP contribution in [0.2, 0.25) is 0 Å². The summed E-state index contributed by atoms with van der Waals surface area (Å²) in [7, 11) is 0. The van der Waals surface area contributed by atoms with Gasteiger partial charge in [-0.2, -0.15) is 0 Å². The highest BCUT2D eigenvalue weighted by Gasteiger charge is 2.03. The average Bonchev–Trinajstić information content (AvgIpc) is 2.49. The van der Waals surface area contributed by atoms with Gasteiger partial charge in [-0.05, 0) is 35.2 Å². The molecule has 2 aromatic rings. The van der Waals surface area contributed by atoms with Crippen LogP contribution in [0.3, 0.4) is 0 Å². The Morgan fingerprint density at radius 1 is 1.05 bits per heavy atom. The van der Waals surface area contributed by atoms with Crippen LogP contribution in [0.4, 0.5) is 0 Å². The molecular weight excluding hydrogens is 314 g/mol. The zero-order valence-corrected chi connectivity index (χ0v) is 13.3. The molecule has 0 heterocycles. The molecule has 0 radical (unpaired) electrons. The molecule has 106 valence electrons. The molecule has 1 unspecified atom stereocenters. The van der Waals surface area contributed by atoms with Gasteiger partial charge in [-0.3, -0.25) is 0 Å². The lowest BCUT2D eigenvalue weighted by atomic mass is 10.0. The van der Waals surface area contributed by atoms with Crippen molar-refractivity contribution in [2.75, 3.05) is 6.54 Å². The van der Waals surface area contributed by atoms with Crippen LogP contribution in [-0.2, 0) is 18.0 Å². The van der Waals surface area contributed by atoms with Gasteiger partial charge in [-0.1, -0.05) is 65.3 Å². The molecule has 3 heteroatoms. The lowest BCUT2D eigenvalue weighted by Crippen LogP contribution is -2.08. The van der Waals surface area contributed by atoms with Gasteiger partial charge in [0.25, 0.3) is 0 Å². The van der Waals surface area contributed by atoms with E-state index < -0.39 is 0 Å². The van der Waals surface area contributed by atoms with Gasteiger partial charge in [0.15, 0.2) is 0 Å². The van der Waals surface area contributed by atoms with Gasteiger partial charge < -0.3 is 10.5 Å². The molecule has 2 nitrogen and oxygen atoms in total. The van der Waals surface area contributed by atoms with Crippen molar-refractivity contribution in [1.29, 1.82) is 0 Å². The van der Waals surface area contributed by atoms with Crippen molar-refractivity contribution in [2.24, 2.45) is 5.73 Å². The second kappa shape index (κ2) is 7.58. The lowest BCUT2D eigenvalue weighted by Gasteiger charge is -2.10. The summed E-state index contributed by atoms with van der Waals surface area (Å²) in [5.41, 5.74) is 9.30. The summed E-state index contributed by atoms with van der Waals surface area (Å²) in [4.78, 5) is 0. The third-order valence-electron chi connectivity index (χ3n) is 3.39. The topological polar surface area (TPSA) is 35.2 Å². The van der Waals surface area contributed by atoms with Crippen molar-refractivity contribution < 1.29 is 4.74 Å². The zero-order chi connectivity index (χ0) is 14.4. The van der Waals surface area contributed by atoms with E-state index in [-0.39, 0.29) is 0 Å². The highest BCUT2D eigenvalue weighted by atomic mass is 79.9. The van der Waals surface area contributed by atoms with Crippen LogP contribution in [0.5, 0.6) is 0 Å². The Labute approximate surface area is 129 Å². The van der Waals surface area contributed by atoms with Crippen LogP contribution in [-0.4, -0.2) is 6.54 Å². The molecule has 2 N–H and O–H groups in total. The first-order valence-corrected chi connectivity index (χ1v) is 7.60. The summed E-state index contributed by atoms with van der Waals surface area (Å²) in [6.45, 7) is 4.05. The molecule has 20 heavy (non-hydrogen) atoms. The molecule has 0 aliphatic carbocycles. The normalized spacial score (nSPS) is 12.3. The van der Waals surface area contributed by atoms with Gasteiger partial charge in [-0.25, -0.2) is 0 Å². The third-order valence-corrected chi connectivity index (χ3v) is 4.16. The van der Waals surface area contributed by atoms with Crippen molar-refractivity contribution in [3.05, 3.63) is 69.7 Å². The molecule has 0 fully saturated rings. The van der Waals surface area contributed by atoms with Gasteiger partial charge in [0.05, 0.1) is 13.2 Å². The lowest BCUT2D eigenvalue weighted by molar-refractivity contribution is 0.107. The molecule has 0 aliphatic heterocycles. The Morgan fingerprint density at radius 2 is 1.75 bits per heavy atom. The van der Waals surface area contributed by atoms with E-state index in [4.69, 9.17) is 10.5 Å². The van der Waals surface area contributed by atoms with E-state index in [1.54, 1.807) is 0 Å². The SMILES string of the molecule is CC(CN)c1ccc(COCc2ccccc2Br)cc1. The largest absolute Gasteiger partial charge is 0.372 e. The molecule has 2 rings (SSSR count). The first kappa shape index (κ1) is 15.2. The molecule has 0 bridgehead atoms. The predicted octanol–water partition coefficient (Wildman–Crippen LogP) is 4.23. The molecule has 0 aliphatic rings. The maximum Gasteiger partial charge on any atom is 0.0732 e. The fourth-order valence-electron chi connectivity index (χ4n) is 1.97. The zero-order valence-electron chi connectivity index (χ0n) is 11.7. The standard InChI is InChI=1S/C17H20BrNO/c1-13(10-19)15-8-6-14(7-9-15)11-20-12-16-4-2-3-5-17(16)18/h2-9,13H,10-12,19H2,1H3. The Hall–Kier alpha value is -1.16. The minimum Gasteiger partial charge on any atom is -0.372 e. The van der Waals surface area contributed by atoms with Crippen LogP contribution < -0.4 is 5.73 Å². The number of halogens is 1. The van der Waals surface area contributed by atoms with Gasteiger partial charge in [0.1, 0.15) is 0 Å². The Kier molecular flexibility index (Phi) is 5.77. The first-order valence-electron chi connectivity index (χ1n) is 6.80. The summed E-state index contributed by atoms with van der Waals surface area (Å²) in [6, 6.07) is 16.6. The monoisotopic (exact) mass is 333 g/mol. The maximum absolute atomic E-state index is 5.76. The quantitative estimate of drug-likeness (QED) is 0.858. The summed E-state index contributed by atoms with van der Waals surface area (Å²) in [5, 5.41) is 0. The highest BCUT2D eigenvalue weighted by molar-refractivity contribution is 9.10. The predicted molar refractivity (Wildman–Crippen MR) is 86.5 cm³/mol. The second-order valence-electron chi connectivity index (χ2n) is 4.96. The fourth-order valence-corrected chi connectivity index (χ4v) is 2.37. The van der Waals surface area contributed by atoms with Crippen LogP contribution >= 0.6 is 15.9 Å². The minimum atomic E-state index is 0.408. The molecular formula is C17H20BrNO. The minimum absolute atomic E-state index is 0.408. The van der Waals surface area contributed by atoms with Crippen molar-refractivity contribution in [3.63, 3.8) is 0 Å². The van der Waals surface area contributed by atoms with Crippen molar-refractivity contribution in [1.82, 2.24) is 0 Å². The summed E-state index contributed by atoms with van der Waals surface area (Å²) >= 11 is 3.52. The van der Waals surface area contributed by atoms with E-state index in [2.05, 4.69) is 53.2 Å². The molecule has 0 saturated heterocycles. The third kappa shape index (κ3) is 4.17. The van der Waals surface area contributed by atoms with Crippen LogP contribution in [0.15, 0.2) is 53.0 Å². The fraction of sp³-hybridized carbons (Fsp3) is 0.294. The Bertz CT molecular complexity index is 539. The van der Waals surface area contributed by atoms with E-state index in [0.717, 1.165) is 4.47 Å². The Morgan fingerprint density at radius 3 is 2.40 bits per heavy atom. The van der Waals surface area contributed by atoms with Crippen molar-refractivity contribution >= 4 is 15.9 Å². The summed E-state index contributed by atoms with van der Waals surface area (Å²) in [6.07, 6.45) is 0. The number of hydrogen-bond acceptors (Lipinski definition) is 2. The number of hydrogen-bond donors (Lipinski definition) is 1. The van der Waals surface area contributed by atoms with Crippen LogP contribution in [0.1, 0.15) is 29.5 Å².